The third-order valence-corrected chi connectivity index (χ3v) is 5.58. The van der Waals surface area contributed by atoms with Crippen LogP contribution in [-0.2, 0) is 14.8 Å². The van der Waals surface area contributed by atoms with E-state index in [9.17, 15) is 22.4 Å². The molecule has 0 aromatic carbocycles. The van der Waals surface area contributed by atoms with Crippen LogP contribution in [0.4, 0.5) is 21.0 Å². The topological polar surface area (TPSA) is 179 Å². The molecule has 33 heavy (non-hydrogen) atoms. The molecule has 0 saturated carbocycles. The fraction of sp³-hybridized carbons (Fsp3) is 0.176. The Labute approximate surface area is 185 Å². The number of hydrogen-bond acceptors (Lipinski definition) is 11. The van der Waals surface area contributed by atoms with Crippen LogP contribution in [0.5, 0.6) is 11.8 Å². The largest absolute Gasteiger partial charge is 0.481 e. The molecule has 0 atom stereocenters. The van der Waals surface area contributed by atoms with Crippen LogP contribution in [0, 0.1) is 5.95 Å². The Bertz CT molecular complexity index is 1280. The van der Waals surface area contributed by atoms with E-state index in [1.165, 1.54) is 20.3 Å². The number of nitrogens with zero attached hydrogens (tertiary/aromatic N) is 5. The van der Waals surface area contributed by atoms with Gasteiger partial charge in [0.15, 0.2) is 10.8 Å². The lowest BCUT2D eigenvalue weighted by Gasteiger charge is -2.21. The van der Waals surface area contributed by atoms with Gasteiger partial charge < -0.3 is 14.2 Å². The van der Waals surface area contributed by atoms with E-state index in [2.05, 4.69) is 35.2 Å². The zero-order valence-electron chi connectivity index (χ0n) is 17.3. The summed E-state index contributed by atoms with van der Waals surface area (Å²) in [5.41, 5.74) is -0.494. The maximum atomic E-state index is 13.8. The van der Waals surface area contributed by atoms with Crippen molar-refractivity contribution in [2.75, 3.05) is 31.0 Å². The molecule has 0 saturated heterocycles. The standard InChI is InChI=1S/C17H16FN7O7S/c1-30-12-7-13(31-2)22-16(21-12)23-17(27)25(11-6-4-5-10(18)20-11)33(28,29)14-9(8-19-24-14)15(26)32-3/h4-8H,1-3H3,(H,19,24)(H,21,22,23,27). The number of aromatic nitrogens is 5. The second-order valence-electron chi connectivity index (χ2n) is 5.90. The van der Waals surface area contributed by atoms with E-state index in [1.807, 2.05) is 0 Å². The van der Waals surface area contributed by atoms with Crippen LogP contribution in [0.3, 0.4) is 0 Å². The van der Waals surface area contributed by atoms with Crippen molar-refractivity contribution in [2.45, 2.75) is 5.03 Å². The van der Waals surface area contributed by atoms with Gasteiger partial charge in [0.2, 0.25) is 23.7 Å². The van der Waals surface area contributed by atoms with E-state index < -0.39 is 50.3 Å². The van der Waals surface area contributed by atoms with Crippen molar-refractivity contribution in [1.29, 1.82) is 0 Å². The SMILES string of the molecule is COC(=O)c1cn[nH]c1S(=O)(=O)N(C(=O)Nc1nc(OC)cc(OC)n1)c1cccc(F)n1. The number of halogens is 1. The molecule has 0 aliphatic carbocycles. The number of methoxy groups -OCH3 is 3. The number of esters is 1. The van der Waals surface area contributed by atoms with Gasteiger partial charge in [-0.2, -0.15) is 32.2 Å². The lowest BCUT2D eigenvalue weighted by atomic mass is 10.4. The van der Waals surface area contributed by atoms with Crippen LogP contribution in [0.25, 0.3) is 0 Å². The number of aromatic amines is 1. The van der Waals surface area contributed by atoms with Crippen LogP contribution < -0.4 is 19.1 Å². The first-order valence-electron chi connectivity index (χ1n) is 8.79. The molecule has 3 aromatic rings. The van der Waals surface area contributed by atoms with Crippen LogP contribution in [0.1, 0.15) is 10.4 Å². The molecule has 14 nitrogen and oxygen atoms in total. The van der Waals surface area contributed by atoms with Gasteiger partial charge in [-0.1, -0.05) is 6.07 Å². The lowest BCUT2D eigenvalue weighted by Crippen LogP contribution is -2.41. The van der Waals surface area contributed by atoms with E-state index in [-0.39, 0.29) is 16.1 Å². The molecule has 0 spiro atoms. The summed E-state index contributed by atoms with van der Waals surface area (Å²) in [7, 11) is -1.29. The molecule has 0 radical (unpaired) electrons. The molecular weight excluding hydrogens is 465 g/mol. The third-order valence-electron chi connectivity index (χ3n) is 3.92. The van der Waals surface area contributed by atoms with Crippen LogP contribution in [0.15, 0.2) is 35.5 Å². The van der Waals surface area contributed by atoms with Gasteiger partial charge in [0, 0.05) is 0 Å². The minimum absolute atomic E-state index is 0.00279. The summed E-state index contributed by atoms with van der Waals surface area (Å²) >= 11 is 0. The number of pyridine rings is 1. The summed E-state index contributed by atoms with van der Waals surface area (Å²) in [6.45, 7) is 0. The highest BCUT2D eigenvalue weighted by atomic mass is 32.2. The Kier molecular flexibility index (Phi) is 6.67. The highest BCUT2D eigenvalue weighted by Gasteiger charge is 2.37. The second kappa shape index (κ2) is 9.43. The van der Waals surface area contributed by atoms with Crippen molar-refractivity contribution in [3.63, 3.8) is 0 Å². The van der Waals surface area contributed by atoms with E-state index in [0.29, 0.717) is 0 Å². The number of carbonyl (C=O) groups excluding carboxylic acids is 2. The van der Waals surface area contributed by atoms with Gasteiger partial charge in [-0.15, -0.1) is 0 Å². The molecule has 16 heteroatoms. The third kappa shape index (κ3) is 4.79. The number of ether oxygens (including phenoxy) is 3. The Balaban J connectivity index is 2.11. The van der Waals surface area contributed by atoms with Crippen molar-refractivity contribution >= 4 is 33.8 Å². The number of H-pyrrole nitrogens is 1. The number of rotatable bonds is 7. The molecule has 0 unspecified atom stereocenters. The number of amides is 2. The molecule has 3 rings (SSSR count). The summed E-state index contributed by atoms with van der Waals surface area (Å²) < 4.78 is 55.1. The summed E-state index contributed by atoms with van der Waals surface area (Å²) in [5.74, 6) is -3.15. The van der Waals surface area contributed by atoms with Gasteiger partial charge in [0.25, 0.3) is 10.0 Å². The first kappa shape index (κ1) is 23.3. The number of anilines is 2. The van der Waals surface area contributed by atoms with Crippen molar-refractivity contribution < 1.29 is 36.6 Å². The fourth-order valence-corrected chi connectivity index (χ4v) is 3.86. The Morgan fingerprint density at radius 3 is 2.33 bits per heavy atom. The summed E-state index contributed by atoms with van der Waals surface area (Å²) in [6.07, 6.45) is 0.893. The van der Waals surface area contributed by atoms with E-state index >= 15 is 0 Å². The molecule has 0 bridgehead atoms. The first-order valence-corrected chi connectivity index (χ1v) is 10.2. The van der Waals surface area contributed by atoms with Crippen molar-refractivity contribution in [1.82, 2.24) is 25.1 Å². The molecule has 2 N–H and O–H groups in total. The smallest absolute Gasteiger partial charge is 0.344 e. The Morgan fingerprint density at radius 1 is 1.09 bits per heavy atom. The van der Waals surface area contributed by atoms with E-state index in [0.717, 1.165) is 31.5 Å². The van der Waals surface area contributed by atoms with Gasteiger partial charge in [-0.25, -0.2) is 14.6 Å². The molecule has 2 amide bonds. The van der Waals surface area contributed by atoms with Gasteiger partial charge in [-0.05, 0) is 12.1 Å². The summed E-state index contributed by atoms with van der Waals surface area (Å²) in [6, 6.07) is 3.08. The minimum Gasteiger partial charge on any atom is -0.481 e. The van der Waals surface area contributed by atoms with Crippen molar-refractivity contribution in [2.24, 2.45) is 0 Å². The maximum Gasteiger partial charge on any atom is 0.344 e. The number of carbonyl (C=O) groups is 2. The molecule has 3 aromatic heterocycles. The zero-order chi connectivity index (χ0) is 24.2. The molecule has 174 valence electrons. The predicted molar refractivity (Wildman–Crippen MR) is 108 cm³/mol. The van der Waals surface area contributed by atoms with Gasteiger partial charge >= 0.3 is 12.0 Å². The average molecular weight is 481 g/mol. The summed E-state index contributed by atoms with van der Waals surface area (Å²) in [4.78, 5) is 36.3. The maximum absolute atomic E-state index is 13.8. The van der Waals surface area contributed by atoms with Crippen molar-refractivity contribution in [3.05, 3.63) is 42.0 Å². The predicted octanol–water partition coefficient (Wildman–Crippen LogP) is 0.965. The second-order valence-corrected chi connectivity index (χ2v) is 7.62. The molecule has 3 heterocycles. The normalized spacial score (nSPS) is 10.9. The quantitative estimate of drug-likeness (QED) is 0.363. The van der Waals surface area contributed by atoms with Crippen LogP contribution >= 0.6 is 0 Å². The Hall–Kier alpha value is -4.34. The molecule has 0 aliphatic heterocycles. The van der Waals surface area contributed by atoms with Gasteiger partial charge in [0.05, 0.1) is 33.6 Å². The molecule has 0 fully saturated rings. The van der Waals surface area contributed by atoms with Crippen LogP contribution in [0.2, 0.25) is 0 Å². The first-order chi connectivity index (χ1) is 15.7. The van der Waals surface area contributed by atoms with Crippen LogP contribution in [-0.4, -0.2) is 66.9 Å². The monoisotopic (exact) mass is 481 g/mol. The highest BCUT2D eigenvalue weighted by Crippen LogP contribution is 2.25. The highest BCUT2D eigenvalue weighted by molar-refractivity contribution is 7.93. The van der Waals surface area contributed by atoms with Gasteiger partial charge in [0.1, 0.15) is 5.56 Å². The zero-order valence-corrected chi connectivity index (χ0v) is 18.1. The minimum atomic E-state index is -4.91. The van der Waals surface area contributed by atoms with Crippen molar-refractivity contribution in [3.8, 4) is 11.8 Å². The molecular formula is C17H16FN7O7S. The fourth-order valence-electron chi connectivity index (χ4n) is 2.48. The number of hydrogen-bond donors (Lipinski definition) is 2. The Morgan fingerprint density at radius 2 is 1.76 bits per heavy atom. The molecule has 0 aliphatic rings. The average Bonchev–Trinajstić information content (AvgIpc) is 3.29. The van der Waals surface area contributed by atoms with E-state index in [4.69, 9.17) is 9.47 Å². The number of nitrogens with one attached hydrogen (secondary N) is 2. The summed E-state index contributed by atoms with van der Waals surface area (Å²) in [5, 5.41) is 7.01. The number of sulfonamides is 1. The van der Waals surface area contributed by atoms with E-state index in [1.54, 1.807) is 0 Å². The lowest BCUT2D eigenvalue weighted by molar-refractivity contribution is 0.0596. The number of urea groups is 1. The van der Waals surface area contributed by atoms with Gasteiger partial charge in [-0.3, -0.25) is 10.4 Å².